The van der Waals surface area contributed by atoms with Crippen molar-refractivity contribution in [2.45, 2.75) is 125 Å². The molecule has 0 heterocycles. The Labute approximate surface area is 184 Å². The van der Waals surface area contributed by atoms with Gasteiger partial charge in [0.2, 0.25) is 0 Å². The van der Waals surface area contributed by atoms with Gasteiger partial charge in [-0.25, -0.2) is 0 Å². The van der Waals surface area contributed by atoms with Crippen LogP contribution in [0.3, 0.4) is 0 Å². The molecule has 170 valence electrons. The monoisotopic (exact) mass is 404 g/mol. The van der Waals surface area contributed by atoms with Gasteiger partial charge >= 0.3 is 0 Å². The summed E-state index contributed by atoms with van der Waals surface area (Å²) in [6.07, 6.45) is 18.2. The van der Waals surface area contributed by atoms with E-state index in [1.54, 1.807) is 0 Å². The molecule has 0 atom stereocenters. The lowest BCUT2D eigenvalue weighted by atomic mass is 10.00. The van der Waals surface area contributed by atoms with Gasteiger partial charge in [-0.2, -0.15) is 0 Å². The highest BCUT2D eigenvalue weighted by Crippen LogP contribution is 2.14. The first-order valence-electron chi connectivity index (χ1n) is 12.8. The summed E-state index contributed by atoms with van der Waals surface area (Å²) in [5, 5.41) is 0. The second-order valence-corrected chi connectivity index (χ2v) is 9.00. The van der Waals surface area contributed by atoms with Crippen molar-refractivity contribution < 1.29 is 4.74 Å². The minimum atomic E-state index is 0.860. The number of hydrogen-bond acceptors (Lipinski definition) is 1. The number of unbranched alkanes of at least 4 members (excludes halogenated alkanes) is 7. The highest BCUT2D eigenvalue weighted by molar-refractivity contribution is 5.23. The van der Waals surface area contributed by atoms with Gasteiger partial charge in [0.1, 0.15) is 0 Å². The van der Waals surface area contributed by atoms with Crippen LogP contribution >= 0.6 is 0 Å². The van der Waals surface area contributed by atoms with Crippen molar-refractivity contribution in [3.8, 4) is 0 Å². The number of hydrogen-bond donors (Lipinski definition) is 0. The van der Waals surface area contributed by atoms with Gasteiger partial charge in [0.15, 0.2) is 0 Å². The summed E-state index contributed by atoms with van der Waals surface area (Å²) >= 11 is 0. The molecule has 29 heavy (non-hydrogen) atoms. The van der Waals surface area contributed by atoms with E-state index in [-0.39, 0.29) is 0 Å². The molecule has 0 saturated carbocycles. The molecule has 0 saturated heterocycles. The zero-order valence-corrected chi connectivity index (χ0v) is 20.6. The van der Waals surface area contributed by atoms with Gasteiger partial charge < -0.3 is 4.74 Å². The second-order valence-electron chi connectivity index (χ2n) is 9.00. The van der Waals surface area contributed by atoms with Gasteiger partial charge in [-0.3, -0.25) is 0 Å². The highest BCUT2D eigenvalue weighted by Gasteiger charge is 1.99. The van der Waals surface area contributed by atoms with Crippen molar-refractivity contribution in [2.24, 2.45) is 5.92 Å². The zero-order valence-electron chi connectivity index (χ0n) is 20.6. The number of benzene rings is 1. The van der Waals surface area contributed by atoms with Gasteiger partial charge in [0.25, 0.3) is 0 Å². The molecule has 1 aromatic rings. The maximum absolute atomic E-state index is 5.69. The Kier molecular flexibility index (Phi) is 21.3. The lowest BCUT2D eigenvalue weighted by molar-refractivity contribution is 0.126. The van der Waals surface area contributed by atoms with E-state index in [2.05, 4.69) is 58.9 Å². The normalized spacial score (nSPS) is 10.8. The molecule has 0 bridgehead atoms. The Hall–Kier alpha value is -0.820. The van der Waals surface area contributed by atoms with Crippen molar-refractivity contribution in [1.82, 2.24) is 0 Å². The van der Waals surface area contributed by atoms with Crippen molar-refractivity contribution in [3.05, 3.63) is 35.4 Å². The molecular formula is C28H52O. The number of ether oxygens (including phenoxy) is 1. The van der Waals surface area contributed by atoms with E-state index in [4.69, 9.17) is 4.74 Å². The first kappa shape index (κ1) is 28.2. The third-order valence-electron chi connectivity index (χ3n) is 5.13. The molecule has 0 amide bonds. The third-order valence-corrected chi connectivity index (χ3v) is 5.13. The summed E-state index contributed by atoms with van der Waals surface area (Å²) in [5.41, 5.74) is 3.05. The summed E-state index contributed by atoms with van der Waals surface area (Å²) in [7, 11) is 0. The Morgan fingerprint density at radius 1 is 0.690 bits per heavy atom. The van der Waals surface area contributed by atoms with Gasteiger partial charge in [-0.05, 0) is 55.6 Å². The quantitative estimate of drug-likeness (QED) is 0.235. The molecule has 0 N–H and O–H groups in total. The fraction of sp³-hybridized carbons (Fsp3) is 0.786. The van der Waals surface area contributed by atoms with Crippen molar-refractivity contribution >= 4 is 0 Å². The molecule has 1 heteroatoms. The minimum Gasteiger partial charge on any atom is -0.381 e. The van der Waals surface area contributed by atoms with E-state index in [0.29, 0.717) is 0 Å². The minimum absolute atomic E-state index is 0.860. The Morgan fingerprint density at radius 2 is 1.21 bits per heavy atom. The highest BCUT2D eigenvalue weighted by atomic mass is 16.5. The molecule has 0 unspecified atom stereocenters. The summed E-state index contributed by atoms with van der Waals surface area (Å²) in [5.74, 6) is 0.860. The summed E-state index contributed by atoms with van der Waals surface area (Å²) in [4.78, 5) is 0. The van der Waals surface area contributed by atoms with Gasteiger partial charge in [0.05, 0.1) is 0 Å². The van der Waals surface area contributed by atoms with Crippen LogP contribution in [0.2, 0.25) is 0 Å². The summed E-state index contributed by atoms with van der Waals surface area (Å²) < 4.78 is 5.69. The molecule has 1 aromatic carbocycles. The molecule has 1 nitrogen and oxygen atoms in total. The van der Waals surface area contributed by atoms with Crippen LogP contribution in [0.4, 0.5) is 0 Å². The molecule has 0 aliphatic carbocycles. The number of rotatable bonds is 17. The summed E-state index contributed by atoms with van der Waals surface area (Å²) in [6, 6.07) is 9.30. The molecule has 0 aromatic heterocycles. The zero-order chi connectivity index (χ0) is 21.6. The van der Waals surface area contributed by atoms with Crippen molar-refractivity contribution in [2.75, 3.05) is 13.2 Å². The SMILES string of the molecule is CCC.CCCCCOCCCCCc1cccc(CCCCCCC(C)C)c1. The maximum Gasteiger partial charge on any atom is 0.0466 e. The smallest absolute Gasteiger partial charge is 0.0466 e. The van der Waals surface area contributed by atoms with E-state index in [0.717, 1.165) is 19.1 Å². The Balaban J connectivity index is 0.00000245. The van der Waals surface area contributed by atoms with Crippen LogP contribution in [0.15, 0.2) is 24.3 Å². The van der Waals surface area contributed by atoms with Crippen LogP contribution in [-0.4, -0.2) is 13.2 Å². The van der Waals surface area contributed by atoms with E-state index in [9.17, 15) is 0 Å². The average molecular weight is 405 g/mol. The largest absolute Gasteiger partial charge is 0.381 e. The molecule has 0 aliphatic rings. The maximum atomic E-state index is 5.69. The number of aryl methyl sites for hydroxylation is 2. The lowest BCUT2D eigenvalue weighted by Crippen LogP contribution is -1.97. The van der Waals surface area contributed by atoms with E-state index < -0.39 is 0 Å². The van der Waals surface area contributed by atoms with E-state index in [1.807, 2.05) is 0 Å². The van der Waals surface area contributed by atoms with Gasteiger partial charge in [-0.15, -0.1) is 0 Å². The van der Waals surface area contributed by atoms with Crippen LogP contribution in [-0.2, 0) is 17.6 Å². The van der Waals surface area contributed by atoms with Crippen molar-refractivity contribution in [1.29, 1.82) is 0 Å². The second kappa shape index (κ2) is 21.9. The van der Waals surface area contributed by atoms with Gasteiger partial charge in [0, 0.05) is 13.2 Å². The predicted molar refractivity (Wildman–Crippen MR) is 132 cm³/mol. The molecule has 0 fully saturated rings. The van der Waals surface area contributed by atoms with Crippen molar-refractivity contribution in [3.63, 3.8) is 0 Å². The Morgan fingerprint density at radius 3 is 1.76 bits per heavy atom. The topological polar surface area (TPSA) is 9.23 Å². The molecule has 1 rings (SSSR count). The Bertz CT molecular complexity index is 438. The van der Waals surface area contributed by atoms with E-state index in [1.165, 1.54) is 101 Å². The predicted octanol–water partition coefficient (Wildman–Crippen LogP) is 9.17. The van der Waals surface area contributed by atoms with Crippen LogP contribution in [0.25, 0.3) is 0 Å². The fourth-order valence-electron chi connectivity index (χ4n) is 3.44. The molecule has 0 spiro atoms. The third kappa shape index (κ3) is 20.2. The fourth-order valence-corrected chi connectivity index (χ4v) is 3.44. The van der Waals surface area contributed by atoms with Crippen LogP contribution in [0.5, 0.6) is 0 Å². The summed E-state index contributed by atoms with van der Waals surface area (Å²) in [6.45, 7) is 13.0. The van der Waals surface area contributed by atoms with Crippen LogP contribution in [0, 0.1) is 5.92 Å². The van der Waals surface area contributed by atoms with Gasteiger partial charge in [-0.1, -0.05) is 110 Å². The molecule has 0 aliphatic heterocycles. The first-order valence-corrected chi connectivity index (χ1v) is 12.8. The molecule has 0 radical (unpaired) electrons. The standard InChI is InChI=1S/C25H44O.C3H8/c1-4-5-12-20-26-21-13-8-11-17-25-19-14-18-24(22-25)16-10-7-6-9-15-23(2)3;1-3-2/h14,18-19,22-23H,4-13,15-17,20-21H2,1-3H3;3H2,1-2H3. The lowest BCUT2D eigenvalue weighted by Gasteiger charge is -2.07. The first-order chi connectivity index (χ1) is 14.1. The molecular weight excluding hydrogens is 352 g/mol. The van der Waals surface area contributed by atoms with E-state index >= 15 is 0 Å². The van der Waals surface area contributed by atoms with Crippen LogP contribution in [0.1, 0.15) is 123 Å². The van der Waals surface area contributed by atoms with Crippen LogP contribution < -0.4 is 0 Å². The average Bonchev–Trinajstić information content (AvgIpc) is 2.70.